The SMILES string of the molecule is CN1CCN(c2nc(Nc3ccc(P(C)(C)=O)cc3)ncc2C(F)(F)F)CC1.CP(C)(=O)c1ccc(Nc2ncc(C(F)(F)F)c(N3CCN(c4ccccc4)CC3)n2)cc1.CP(C)(=O)c1ccc(Nc2ncc(C(F)(F)F)c(NC34CC5CC(CC(C5)C3)C4)n2)cc1.Cc1ccc(Nc2nc(Nc3ccc(P(C)(C)=O)cc3)ncc2C(F)(F)F)cc1C(F)(F)F. The first kappa shape index (κ1) is 94.8. The van der Waals surface area contributed by atoms with Gasteiger partial charge in [0.05, 0.1) is 5.56 Å². The van der Waals surface area contributed by atoms with Crippen LogP contribution in [0.4, 0.5) is 147 Å². The van der Waals surface area contributed by atoms with Crippen LogP contribution in [-0.4, -0.2) is 163 Å². The molecule has 0 atom stereocenters. The van der Waals surface area contributed by atoms with Crippen molar-refractivity contribution in [1.82, 2.24) is 44.8 Å². The molecule has 4 aliphatic carbocycles. The van der Waals surface area contributed by atoms with E-state index in [0.29, 0.717) is 104 Å². The first-order valence-electron chi connectivity index (χ1n) is 40.0. The maximum absolute atomic E-state index is 13.8. The van der Waals surface area contributed by atoms with E-state index < -0.39 is 93.1 Å². The number of likely N-dealkylation sites (N-methyl/N-ethyl adjacent to an activating group) is 1. The fourth-order valence-electron chi connectivity index (χ4n) is 15.9. The van der Waals surface area contributed by atoms with Crippen LogP contribution in [0.15, 0.2) is 170 Å². The number of para-hydroxylation sites is 1. The number of rotatable bonds is 19. The Hall–Kier alpha value is -10.3. The zero-order valence-corrected chi connectivity index (χ0v) is 73.8. The van der Waals surface area contributed by atoms with E-state index in [-0.39, 0.29) is 58.0 Å². The molecule has 2 aliphatic heterocycles. The normalized spacial score (nSPS) is 18.2. The van der Waals surface area contributed by atoms with Crippen molar-refractivity contribution in [3.8, 4) is 0 Å². The molecule has 22 nitrogen and oxygen atoms in total. The molecular weight excluding hydrogens is 1750 g/mol. The van der Waals surface area contributed by atoms with Crippen molar-refractivity contribution in [1.29, 1.82) is 0 Å². The smallest absolute Gasteiger partial charge is 0.368 e. The second kappa shape index (κ2) is 37.5. The van der Waals surface area contributed by atoms with E-state index >= 15 is 0 Å². The maximum Gasteiger partial charge on any atom is 0.421 e. The zero-order chi connectivity index (χ0) is 91.5. The van der Waals surface area contributed by atoms with Crippen molar-refractivity contribution in [2.45, 2.75) is 81.9 Å². The zero-order valence-electron chi connectivity index (χ0n) is 70.3. The lowest BCUT2D eigenvalue weighted by Crippen LogP contribution is -2.55. The molecule has 126 heavy (non-hydrogen) atoms. The fourth-order valence-corrected chi connectivity index (χ4v) is 19.3. The molecule has 0 amide bonds. The van der Waals surface area contributed by atoms with Gasteiger partial charge in [-0.1, -0.05) is 24.3 Å². The molecule has 16 rings (SSSR count). The third-order valence-electron chi connectivity index (χ3n) is 22.0. The summed E-state index contributed by atoms with van der Waals surface area (Å²) in [5, 5.41) is 20.0. The number of aryl methyl sites for hydroxylation is 1. The van der Waals surface area contributed by atoms with Crippen molar-refractivity contribution >= 4 is 131 Å². The second-order valence-electron chi connectivity index (χ2n) is 33.4. The van der Waals surface area contributed by atoms with E-state index in [4.69, 9.17) is 0 Å². The van der Waals surface area contributed by atoms with Gasteiger partial charge in [0, 0.05) is 138 Å². The Balaban J connectivity index is 0.000000153. The summed E-state index contributed by atoms with van der Waals surface area (Å²) < 4.78 is 251. The van der Waals surface area contributed by atoms with Crippen molar-refractivity contribution in [3.05, 3.63) is 204 Å². The van der Waals surface area contributed by atoms with Crippen LogP contribution in [0.25, 0.3) is 0 Å². The van der Waals surface area contributed by atoms with Crippen molar-refractivity contribution in [3.63, 3.8) is 0 Å². The lowest BCUT2D eigenvalue weighted by Gasteiger charge is -2.57. The first-order valence-corrected chi connectivity index (χ1v) is 50.4. The van der Waals surface area contributed by atoms with Crippen LogP contribution < -0.4 is 67.8 Å². The Morgan fingerprint density at radius 3 is 0.968 bits per heavy atom. The van der Waals surface area contributed by atoms with Crippen LogP contribution in [0.5, 0.6) is 0 Å². The molecule has 674 valence electrons. The number of piperazine rings is 2. The topological polar surface area (TPSA) is 257 Å². The lowest BCUT2D eigenvalue weighted by molar-refractivity contribution is -0.138. The van der Waals surface area contributed by atoms with Gasteiger partial charge in [-0.15, -0.1) is 0 Å². The molecule has 6 aliphatic rings. The minimum Gasteiger partial charge on any atom is -0.368 e. The summed E-state index contributed by atoms with van der Waals surface area (Å²) in [7, 11) is -7.70. The Morgan fingerprint density at radius 1 is 0.341 bits per heavy atom. The highest BCUT2D eigenvalue weighted by Gasteiger charge is 2.52. The molecular formula is C85H95F15N18O4P4. The summed E-state index contributed by atoms with van der Waals surface area (Å²) in [6.07, 6.45) is -13.7. The number of benzene rings is 6. The summed E-state index contributed by atoms with van der Waals surface area (Å²) in [4.78, 5) is 39.3. The van der Waals surface area contributed by atoms with Crippen molar-refractivity contribution in [2.75, 3.05) is 159 Å². The first-order chi connectivity index (χ1) is 58.8. The Kier molecular flexibility index (Phi) is 28.2. The highest BCUT2D eigenvalue weighted by molar-refractivity contribution is 7.71. The molecule has 4 bridgehead atoms. The molecule has 0 unspecified atom stereocenters. The molecule has 6 N–H and O–H groups in total. The summed E-state index contributed by atoms with van der Waals surface area (Å²) >= 11 is 0. The van der Waals surface area contributed by atoms with Gasteiger partial charge in [0.2, 0.25) is 23.8 Å². The van der Waals surface area contributed by atoms with Gasteiger partial charge in [-0.05, 0) is 250 Å². The lowest BCUT2D eigenvalue weighted by atomic mass is 9.53. The van der Waals surface area contributed by atoms with Gasteiger partial charge in [0.25, 0.3) is 0 Å². The van der Waals surface area contributed by atoms with Crippen LogP contribution >= 0.6 is 28.6 Å². The van der Waals surface area contributed by atoms with Gasteiger partial charge in [0.1, 0.15) is 74.1 Å². The minimum absolute atomic E-state index is 0.0682. The summed E-state index contributed by atoms with van der Waals surface area (Å²) in [5.74, 6) is 0.792. The predicted molar refractivity (Wildman–Crippen MR) is 468 cm³/mol. The number of nitrogens with zero attached hydrogens (tertiary/aromatic N) is 12. The van der Waals surface area contributed by atoms with Gasteiger partial charge < -0.3 is 69.8 Å². The highest BCUT2D eigenvalue weighted by atomic mass is 31.2. The van der Waals surface area contributed by atoms with E-state index in [1.807, 2.05) is 37.4 Å². The van der Waals surface area contributed by atoms with E-state index in [9.17, 15) is 84.1 Å². The number of alkyl halides is 15. The van der Waals surface area contributed by atoms with Crippen LogP contribution in [0.3, 0.4) is 0 Å². The average molecular weight is 1840 g/mol. The number of anilines is 14. The monoisotopic (exact) mass is 1840 g/mol. The largest absolute Gasteiger partial charge is 0.421 e. The van der Waals surface area contributed by atoms with Crippen molar-refractivity contribution < 1.29 is 84.1 Å². The van der Waals surface area contributed by atoms with Gasteiger partial charge in [-0.2, -0.15) is 85.8 Å². The van der Waals surface area contributed by atoms with Gasteiger partial charge in [-0.25, -0.2) is 19.9 Å². The predicted octanol–water partition coefficient (Wildman–Crippen LogP) is 20.5. The molecule has 41 heteroatoms. The van der Waals surface area contributed by atoms with E-state index in [2.05, 4.69) is 81.6 Å². The Morgan fingerprint density at radius 2 is 0.635 bits per heavy atom. The molecule has 10 aromatic rings. The number of hydrogen-bond acceptors (Lipinski definition) is 22. The molecule has 6 fully saturated rings. The molecule has 2 saturated heterocycles. The summed E-state index contributed by atoms with van der Waals surface area (Å²) in [5.41, 5.74) is -2.00. The fraction of sp³-hybridized carbons (Fsp3) is 0.388. The molecule has 4 aromatic heterocycles. The van der Waals surface area contributed by atoms with Crippen molar-refractivity contribution in [2.24, 2.45) is 17.8 Å². The number of nitrogens with one attached hydrogen (secondary N) is 6. The van der Waals surface area contributed by atoms with Crippen LogP contribution in [0, 0.1) is 24.7 Å². The van der Waals surface area contributed by atoms with Gasteiger partial charge in [0.15, 0.2) is 0 Å². The minimum atomic E-state index is -4.84. The maximum atomic E-state index is 13.8. The quantitative estimate of drug-likeness (QED) is 0.0325. The second-order valence-corrected chi connectivity index (χ2v) is 46.3. The summed E-state index contributed by atoms with van der Waals surface area (Å²) in [6, 6.07) is 40.0. The number of halogens is 15. The number of hydrogen-bond donors (Lipinski definition) is 6. The van der Waals surface area contributed by atoms with E-state index in [0.717, 1.165) is 71.6 Å². The molecule has 4 saturated carbocycles. The van der Waals surface area contributed by atoms with E-state index in [1.165, 1.54) is 32.3 Å². The van der Waals surface area contributed by atoms with Crippen LogP contribution in [-0.2, 0) is 49.1 Å². The van der Waals surface area contributed by atoms with Crippen LogP contribution in [0.2, 0.25) is 0 Å². The third-order valence-corrected chi connectivity index (χ3v) is 28.2. The molecule has 6 aromatic carbocycles. The van der Waals surface area contributed by atoms with Crippen LogP contribution in [0.1, 0.15) is 71.9 Å². The molecule has 6 heterocycles. The number of aromatic nitrogens is 8. The molecule has 0 radical (unpaired) electrons. The van der Waals surface area contributed by atoms with E-state index in [1.54, 1.807) is 160 Å². The summed E-state index contributed by atoms with van der Waals surface area (Å²) in [6.45, 7) is 18.8. The third kappa shape index (κ3) is 24.9. The van der Waals surface area contributed by atoms with Gasteiger partial charge in [-0.3, -0.25) is 0 Å². The Bertz CT molecular complexity index is 5630. The molecule has 0 spiro atoms. The van der Waals surface area contributed by atoms with Gasteiger partial charge >= 0.3 is 30.9 Å². The highest BCUT2D eigenvalue weighted by Crippen LogP contribution is 2.57. The average Bonchev–Trinajstić information content (AvgIpc) is 0.740. The standard InChI is InChI=1S/C23H25F3N5OP.C23H28F3N4OP.C21H19F6N4OP.C18H23F3N5OP/c1-33(2,32)19-10-8-17(9-11-19)28-22-27-16-20(23(24,25)26)21(29-22)31-14-12-30(13-15-31)18-6-4-3-5-7-18;1-32(2,31)18-5-3-17(4-6-18)28-21-27-13-19(23(24,25)26)20(29-21)30-22-10-14-7-15(11-22)9-16(8-14)12-22;1-12-4-5-14(10-16(12)20(22,23)24)29-18-17(21(25,26)27)11-28-19(31-18)30-13-6-8-15(9-7-13)33(2,3)32;1-25-8-10-26(11-9-25)16-15(18(19,20)21)12-22-17(24-16)23-13-4-6-14(7-5-13)28(2,3)27/h3-11,16H,12-15H2,1-2H3,(H,27,28,29);3-6,13-16H,7-12H2,1-2H3,(H2,27,28,29,30);4-11H,1-3H3,(H2,28,29,30,31);4-7,12H,8-11H2,1-3H3,(H,22,23,24). The Labute approximate surface area is 719 Å².